The number of phenols is 3. The molecule has 1 aliphatic rings. The van der Waals surface area contributed by atoms with Gasteiger partial charge in [0.05, 0.1) is 0 Å². The number of phenolic OH excluding ortho intramolecular Hbond substituents is 3. The van der Waals surface area contributed by atoms with Gasteiger partial charge >= 0.3 is 5.97 Å². The van der Waals surface area contributed by atoms with Gasteiger partial charge in [0.25, 0.3) is 0 Å². The largest absolute Gasteiger partial charge is 0.508 e. The third-order valence-electron chi connectivity index (χ3n) is 5.09. The highest BCUT2D eigenvalue weighted by molar-refractivity contribution is 5.88. The number of aliphatic hydroxyl groups excluding tert-OH is 3. The molecule has 1 saturated heterocycles. The average Bonchev–Trinajstić information content (AvgIpc) is 2.75. The van der Waals surface area contributed by atoms with Crippen LogP contribution < -0.4 is 10.2 Å². The number of hydrogen-bond donors (Lipinski definition) is 7. The van der Waals surface area contributed by atoms with E-state index >= 15 is 0 Å². The minimum absolute atomic E-state index is 0.105. The fraction of sp³-hybridized carbons (Fsp3) is 0.238. The Morgan fingerprint density at radius 3 is 2.21 bits per heavy atom. The molecule has 7 N–H and O–H groups in total. The van der Waals surface area contributed by atoms with Crippen LogP contribution in [0.2, 0.25) is 0 Å². The minimum atomic E-state index is -1.99. The van der Waals surface area contributed by atoms with Gasteiger partial charge in [0, 0.05) is 17.7 Å². The fourth-order valence-corrected chi connectivity index (χ4v) is 3.44. The van der Waals surface area contributed by atoms with Crippen molar-refractivity contribution in [3.63, 3.8) is 0 Å². The standard InChI is InChI=1S/C21H18O12/c22-8-3-1-7(2-4-8)17-18(13(25)12-10(24)5-9(23)6-11(12)31-17)32-21-16(28)14(26)15(27)19(33-21)20(29)30/h1-6,14-16,19,21-24,26-28H,(H,29,30)/t14-,15+,16+,19+,21-/m1/s1. The highest BCUT2D eigenvalue weighted by Gasteiger charge is 2.48. The van der Waals surface area contributed by atoms with Crippen molar-refractivity contribution in [2.24, 2.45) is 0 Å². The summed E-state index contributed by atoms with van der Waals surface area (Å²) < 4.78 is 16.2. The van der Waals surface area contributed by atoms with Crippen LogP contribution in [0.25, 0.3) is 22.3 Å². The molecule has 1 aromatic heterocycles. The van der Waals surface area contributed by atoms with Crippen LogP contribution in [-0.4, -0.2) is 72.4 Å². The number of aromatic hydroxyl groups is 3. The Balaban J connectivity index is 1.89. The average molecular weight is 462 g/mol. The summed E-state index contributed by atoms with van der Waals surface area (Å²) in [7, 11) is 0. The molecule has 12 nitrogen and oxygen atoms in total. The van der Waals surface area contributed by atoms with Crippen molar-refractivity contribution < 1.29 is 54.4 Å². The highest BCUT2D eigenvalue weighted by Crippen LogP contribution is 2.37. The summed E-state index contributed by atoms with van der Waals surface area (Å²) in [6.07, 6.45) is -9.84. The number of carboxylic acid groups (broad SMARTS) is 1. The zero-order valence-corrected chi connectivity index (χ0v) is 16.5. The molecule has 0 bridgehead atoms. The number of carbonyl (C=O) groups is 1. The second kappa shape index (κ2) is 8.26. The van der Waals surface area contributed by atoms with Crippen LogP contribution in [-0.2, 0) is 9.53 Å². The van der Waals surface area contributed by atoms with Crippen molar-refractivity contribution in [3.8, 4) is 34.3 Å². The summed E-state index contributed by atoms with van der Waals surface area (Å²) in [4.78, 5) is 24.6. The van der Waals surface area contributed by atoms with Gasteiger partial charge in [-0.1, -0.05) is 0 Å². The number of hydrogen-bond acceptors (Lipinski definition) is 11. The van der Waals surface area contributed by atoms with Crippen LogP contribution in [0.1, 0.15) is 0 Å². The summed E-state index contributed by atoms with van der Waals surface area (Å²) in [6.45, 7) is 0. The molecule has 174 valence electrons. The van der Waals surface area contributed by atoms with Gasteiger partial charge in [0.1, 0.15) is 46.5 Å². The first-order valence-electron chi connectivity index (χ1n) is 9.49. The first kappa shape index (κ1) is 22.4. The number of aliphatic carboxylic acids is 1. The normalized spacial score (nSPS) is 25.1. The van der Waals surface area contributed by atoms with E-state index in [9.17, 15) is 45.3 Å². The third-order valence-corrected chi connectivity index (χ3v) is 5.09. The lowest BCUT2D eigenvalue weighted by molar-refractivity contribution is -0.271. The summed E-state index contributed by atoms with van der Waals surface area (Å²) in [6, 6.07) is 7.20. The van der Waals surface area contributed by atoms with Crippen molar-refractivity contribution in [2.75, 3.05) is 0 Å². The van der Waals surface area contributed by atoms with Crippen molar-refractivity contribution in [2.45, 2.75) is 30.7 Å². The molecular formula is C21H18O12. The first-order valence-corrected chi connectivity index (χ1v) is 9.49. The van der Waals surface area contributed by atoms with E-state index in [4.69, 9.17) is 13.9 Å². The molecule has 0 aliphatic carbocycles. The molecule has 5 atom stereocenters. The van der Waals surface area contributed by atoms with Gasteiger partial charge < -0.3 is 49.6 Å². The second-order valence-electron chi connectivity index (χ2n) is 7.33. The molecule has 0 saturated carbocycles. The second-order valence-corrected chi connectivity index (χ2v) is 7.33. The summed E-state index contributed by atoms with van der Waals surface area (Å²) >= 11 is 0. The Morgan fingerprint density at radius 1 is 0.909 bits per heavy atom. The maximum absolute atomic E-state index is 13.2. The maximum atomic E-state index is 13.2. The Hall–Kier alpha value is -3.84. The summed E-state index contributed by atoms with van der Waals surface area (Å²) in [5, 5.41) is 68.4. The highest BCUT2D eigenvalue weighted by atomic mass is 16.7. The van der Waals surface area contributed by atoms with Crippen LogP contribution in [0.5, 0.6) is 23.0 Å². The Morgan fingerprint density at radius 2 is 1.58 bits per heavy atom. The quantitative estimate of drug-likeness (QED) is 0.270. The summed E-state index contributed by atoms with van der Waals surface area (Å²) in [5.74, 6) is -3.72. The maximum Gasteiger partial charge on any atom is 0.335 e. The van der Waals surface area contributed by atoms with Crippen LogP contribution in [0.4, 0.5) is 0 Å². The lowest BCUT2D eigenvalue weighted by Gasteiger charge is -2.38. The van der Waals surface area contributed by atoms with Crippen molar-refractivity contribution in [3.05, 3.63) is 46.6 Å². The van der Waals surface area contributed by atoms with Crippen LogP contribution >= 0.6 is 0 Å². The molecule has 0 unspecified atom stereocenters. The van der Waals surface area contributed by atoms with E-state index in [1.54, 1.807) is 0 Å². The van der Waals surface area contributed by atoms with Gasteiger partial charge in [-0.3, -0.25) is 4.79 Å². The number of ether oxygens (including phenoxy) is 2. The lowest BCUT2D eigenvalue weighted by Crippen LogP contribution is -2.61. The monoisotopic (exact) mass is 462 g/mol. The molecule has 3 aromatic rings. The van der Waals surface area contributed by atoms with E-state index in [-0.39, 0.29) is 22.7 Å². The SMILES string of the molecule is O=C(O)[C@H]1O[C@@H](Oc2c(-c3ccc(O)cc3)oc3cc(O)cc(O)c3c2=O)[C@@H](O)[C@H](O)[C@@H]1O. The van der Waals surface area contributed by atoms with Gasteiger partial charge in [-0.05, 0) is 24.3 Å². The van der Waals surface area contributed by atoms with Crippen molar-refractivity contribution in [1.82, 2.24) is 0 Å². The molecule has 0 spiro atoms. The Bertz CT molecular complexity index is 1260. The lowest BCUT2D eigenvalue weighted by atomic mass is 9.99. The number of rotatable bonds is 4. The number of fused-ring (bicyclic) bond motifs is 1. The third kappa shape index (κ3) is 3.91. The zero-order valence-electron chi connectivity index (χ0n) is 16.5. The topological polar surface area (TPSA) is 207 Å². The number of carboxylic acids is 1. The van der Waals surface area contributed by atoms with E-state index in [0.29, 0.717) is 0 Å². The van der Waals surface area contributed by atoms with Crippen molar-refractivity contribution in [1.29, 1.82) is 0 Å². The molecule has 1 fully saturated rings. The molecule has 4 rings (SSSR count). The molecule has 1 aliphatic heterocycles. The molecule has 2 heterocycles. The summed E-state index contributed by atoms with van der Waals surface area (Å²) in [5.41, 5.74) is -1.01. The Kier molecular flexibility index (Phi) is 5.59. The van der Waals surface area contributed by atoms with Gasteiger partial charge in [0.15, 0.2) is 11.9 Å². The first-order chi connectivity index (χ1) is 15.6. The van der Waals surface area contributed by atoms with Crippen LogP contribution in [0.15, 0.2) is 45.6 Å². The molecular weight excluding hydrogens is 444 g/mol. The minimum Gasteiger partial charge on any atom is -0.508 e. The fourth-order valence-electron chi connectivity index (χ4n) is 3.44. The Labute approximate surface area is 183 Å². The van der Waals surface area contributed by atoms with E-state index in [0.717, 1.165) is 12.1 Å². The predicted molar refractivity (Wildman–Crippen MR) is 108 cm³/mol. The van der Waals surface area contributed by atoms with Gasteiger partial charge in [-0.15, -0.1) is 0 Å². The molecule has 0 amide bonds. The van der Waals surface area contributed by atoms with Crippen molar-refractivity contribution >= 4 is 16.9 Å². The van der Waals surface area contributed by atoms with E-state index in [1.165, 1.54) is 24.3 Å². The zero-order chi connectivity index (χ0) is 24.0. The van der Waals surface area contributed by atoms with Crippen LogP contribution in [0, 0.1) is 0 Å². The van der Waals surface area contributed by atoms with Crippen LogP contribution in [0.3, 0.4) is 0 Å². The smallest absolute Gasteiger partial charge is 0.335 e. The molecule has 0 radical (unpaired) electrons. The van der Waals surface area contributed by atoms with Gasteiger partial charge in [-0.2, -0.15) is 0 Å². The predicted octanol–water partition coefficient (Wildman–Crippen LogP) is -0.152. The number of benzene rings is 2. The van der Waals surface area contributed by atoms with Gasteiger partial charge in [-0.25, -0.2) is 4.79 Å². The van der Waals surface area contributed by atoms with E-state index in [1.807, 2.05) is 0 Å². The van der Waals surface area contributed by atoms with E-state index in [2.05, 4.69) is 0 Å². The molecule has 2 aromatic carbocycles. The van der Waals surface area contributed by atoms with E-state index < -0.39 is 64.7 Å². The number of aliphatic hydroxyl groups is 3. The molecule has 33 heavy (non-hydrogen) atoms. The van der Waals surface area contributed by atoms with Gasteiger partial charge in [0.2, 0.25) is 17.5 Å². The molecule has 12 heteroatoms.